The molecule has 25 heavy (non-hydrogen) atoms. The number of alkyl halides is 3. The van der Waals surface area contributed by atoms with E-state index in [1.165, 1.54) is 12.1 Å². The summed E-state index contributed by atoms with van der Waals surface area (Å²) in [6.07, 6.45) is -3.87. The van der Waals surface area contributed by atoms with Gasteiger partial charge in [-0.15, -0.1) is 0 Å². The number of hydrogen-bond acceptors (Lipinski definition) is 3. The summed E-state index contributed by atoms with van der Waals surface area (Å²) in [6.45, 7) is 0. The van der Waals surface area contributed by atoms with Crippen LogP contribution >= 0.6 is 23.2 Å². The van der Waals surface area contributed by atoms with Crippen LogP contribution in [0, 0.1) is 11.3 Å². The Balaban J connectivity index is 2.15. The van der Waals surface area contributed by atoms with Crippen LogP contribution < -0.4 is 5.48 Å². The molecule has 1 unspecified atom stereocenters. The molecule has 2 aromatic rings. The molecule has 0 saturated heterocycles. The van der Waals surface area contributed by atoms with Crippen molar-refractivity contribution in [1.29, 1.82) is 5.26 Å². The minimum absolute atomic E-state index is 0.0584. The van der Waals surface area contributed by atoms with Crippen molar-refractivity contribution < 1.29 is 18.0 Å². The first-order valence-corrected chi connectivity index (χ1v) is 7.71. The van der Waals surface area contributed by atoms with E-state index in [0.29, 0.717) is 11.1 Å². The lowest BCUT2D eigenvalue weighted by atomic mass is 9.91. The van der Waals surface area contributed by atoms with E-state index in [2.05, 4.69) is 5.48 Å². The Morgan fingerprint density at radius 3 is 2.36 bits per heavy atom. The van der Waals surface area contributed by atoms with Gasteiger partial charge in [0.1, 0.15) is 0 Å². The molecule has 1 heterocycles. The number of benzene rings is 2. The van der Waals surface area contributed by atoms with Crippen molar-refractivity contribution in [3.63, 3.8) is 0 Å². The highest BCUT2D eigenvalue weighted by molar-refractivity contribution is 6.34. The number of nitrogens with one attached hydrogen (secondary N) is 1. The van der Waals surface area contributed by atoms with Gasteiger partial charge in [-0.05, 0) is 36.4 Å². The summed E-state index contributed by atoms with van der Waals surface area (Å²) in [5.41, 5.74) is 0.0919. The summed E-state index contributed by atoms with van der Waals surface area (Å²) in [5.74, 6) is 0. The van der Waals surface area contributed by atoms with Gasteiger partial charge < -0.3 is 0 Å². The zero-order chi connectivity index (χ0) is 18.2. The van der Waals surface area contributed by atoms with Crippen molar-refractivity contribution in [2.75, 3.05) is 0 Å². The molecule has 0 amide bonds. The largest absolute Gasteiger partial charge is 0.428 e. The van der Waals surface area contributed by atoms with E-state index in [1.54, 1.807) is 18.2 Å². The van der Waals surface area contributed by atoms with Crippen LogP contribution in [0.15, 0.2) is 48.5 Å². The molecule has 0 aliphatic carbocycles. The van der Waals surface area contributed by atoms with Gasteiger partial charge in [-0.2, -0.15) is 18.4 Å². The third-order valence-electron chi connectivity index (χ3n) is 3.68. The van der Waals surface area contributed by atoms with E-state index in [9.17, 15) is 13.2 Å². The molecule has 128 valence electrons. The average molecular weight is 385 g/mol. The van der Waals surface area contributed by atoms with Crippen LogP contribution in [0.3, 0.4) is 0 Å². The molecule has 3 rings (SSSR count). The molecule has 1 atom stereocenters. The van der Waals surface area contributed by atoms with Gasteiger partial charge in [-0.3, -0.25) is 10.3 Å². The number of nitriles is 1. The van der Waals surface area contributed by atoms with E-state index < -0.39 is 11.8 Å². The Morgan fingerprint density at radius 2 is 1.76 bits per heavy atom. The number of halogens is 5. The van der Waals surface area contributed by atoms with Crippen LogP contribution in [0.2, 0.25) is 10.0 Å². The van der Waals surface area contributed by atoms with Crippen molar-refractivity contribution in [3.8, 4) is 6.07 Å². The molecule has 0 saturated carbocycles. The Kier molecular flexibility index (Phi) is 4.41. The molecule has 1 N–H and O–H groups in total. The molecule has 0 fully saturated rings. The van der Waals surface area contributed by atoms with Gasteiger partial charge in [0.15, 0.2) is 0 Å². The van der Waals surface area contributed by atoms with Crippen molar-refractivity contribution in [1.82, 2.24) is 5.48 Å². The zero-order valence-electron chi connectivity index (χ0n) is 12.4. The molecule has 0 radical (unpaired) electrons. The second kappa shape index (κ2) is 6.26. The highest BCUT2D eigenvalue weighted by Gasteiger charge is 2.59. The van der Waals surface area contributed by atoms with Crippen molar-refractivity contribution in [2.24, 2.45) is 0 Å². The third kappa shape index (κ3) is 3.19. The summed E-state index contributed by atoms with van der Waals surface area (Å²) in [5, 5.41) is 9.06. The molecule has 0 bridgehead atoms. The summed E-state index contributed by atoms with van der Waals surface area (Å²) in [4.78, 5) is 4.97. The Labute approximate surface area is 151 Å². The molecular weight excluding hydrogens is 376 g/mol. The molecular formula is C17H9Cl2F3N2O. The van der Waals surface area contributed by atoms with Gasteiger partial charge in [0.25, 0.3) is 0 Å². The standard InChI is InChI=1S/C17H9Cl2F3N2O/c18-13-5-12(6-14(19)7-13)16(17(20,21)22)8-15(24-25-16)11-3-1-2-10(4-11)9-23/h1-8,24H. The van der Waals surface area contributed by atoms with Gasteiger partial charge >= 0.3 is 6.18 Å². The van der Waals surface area contributed by atoms with Crippen LogP contribution in [-0.2, 0) is 10.4 Å². The van der Waals surface area contributed by atoms with Crippen LogP contribution in [0.5, 0.6) is 0 Å². The quantitative estimate of drug-likeness (QED) is 0.773. The second-order valence-corrected chi connectivity index (χ2v) is 6.22. The maximum atomic E-state index is 13.9. The molecule has 3 nitrogen and oxygen atoms in total. The molecule has 1 aliphatic rings. The van der Waals surface area contributed by atoms with Crippen LogP contribution in [0.4, 0.5) is 13.2 Å². The number of hydroxylamine groups is 1. The third-order valence-corrected chi connectivity index (χ3v) is 4.12. The highest BCUT2D eigenvalue weighted by Crippen LogP contribution is 2.48. The summed E-state index contributed by atoms with van der Waals surface area (Å²) >= 11 is 11.7. The maximum absolute atomic E-state index is 13.9. The topological polar surface area (TPSA) is 45.0 Å². The average Bonchev–Trinajstić information content (AvgIpc) is 3.00. The van der Waals surface area contributed by atoms with Crippen LogP contribution in [-0.4, -0.2) is 6.18 Å². The first-order valence-electron chi connectivity index (χ1n) is 6.96. The Morgan fingerprint density at radius 1 is 1.08 bits per heavy atom. The fourth-order valence-electron chi connectivity index (χ4n) is 2.51. The number of rotatable bonds is 2. The highest BCUT2D eigenvalue weighted by atomic mass is 35.5. The normalized spacial score (nSPS) is 19.9. The van der Waals surface area contributed by atoms with E-state index in [-0.39, 0.29) is 21.3 Å². The van der Waals surface area contributed by atoms with E-state index in [0.717, 1.165) is 18.2 Å². The first-order chi connectivity index (χ1) is 11.7. The molecule has 0 spiro atoms. The minimum Gasteiger partial charge on any atom is -0.265 e. The van der Waals surface area contributed by atoms with Crippen LogP contribution in [0.25, 0.3) is 5.70 Å². The summed E-state index contributed by atoms with van der Waals surface area (Å²) < 4.78 is 41.6. The lowest BCUT2D eigenvalue weighted by Crippen LogP contribution is -2.42. The Hall–Kier alpha value is -2.20. The maximum Gasteiger partial charge on any atom is 0.428 e. The van der Waals surface area contributed by atoms with Crippen LogP contribution in [0.1, 0.15) is 16.7 Å². The second-order valence-electron chi connectivity index (χ2n) is 5.35. The fraction of sp³-hybridized carbons (Fsp3) is 0.118. The van der Waals surface area contributed by atoms with Gasteiger partial charge in [-0.1, -0.05) is 35.3 Å². The van der Waals surface area contributed by atoms with Crippen molar-refractivity contribution in [2.45, 2.75) is 11.8 Å². The first kappa shape index (κ1) is 17.6. The Bertz CT molecular complexity index is 885. The summed E-state index contributed by atoms with van der Waals surface area (Å²) in [7, 11) is 0. The molecule has 8 heteroatoms. The molecule has 0 aromatic heterocycles. The van der Waals surface area contributed by atoms with E-state index in [1.807, 2.05) is 6.07 Å². The predicted octanol–water partition coefficient (Wildman–Crippen LogP) is 5.20. The zero-order valence-corrected chi connectivity index (χ0v) is 13.9. The molecule has 2 aromatic carbocycles. The van der Waals surface area contributed by atoms with Gasteiger partial charge in [0.2, 0.25) is 5.60 Å². The van der Waals surface area contributed by atoms with Gasteiger partial charge in [0.05, 0.1) is 17.3 Å². The fourth-order valence-corrected chi connectivity index (χ4v) is 3.04. The van der Waals surface area contributed by atoms with Gasteiger partial charge in [0, 0.05) is 21.2 Å². The van der Waals surface area contributed by atoms with Crippen molar-refractivity contribution >= 4 is 28.9 Å². The van der Waals surface area contributed by atoms with Crippen molar-refractivity contribution in [3.05, 3.63) is 75.3 Å². The summed E-state index contributed by atoms with van der Waals surface area (Å²) in [6, 6.07) is 11.7. The lowest BCUT2D eigenvalue weighted by molar-refractivity contribution is -0.269. The van der Waals surface area contributed by atoms with E-state index >= 15 is 0 Å². The van der Waals surface area contributed by atoms with E-state index in [4.69, 9.17) is 33.3 Å². The minimum atomic E-state index is -4.78. The monoisotopic (exact) mass is 384 g/mol. The predicted molar refractivity (Wildman–Crippen MR) is 87.5 cm³/mol. The smallest absolute Gasteiger partial charge is 0.265 e. The number of hydrogen-bond donors (Lipinski definition) is 1. The molecule has 1 aliphatic heterocycles. The SMILES string of the molecule is N#Cc1cccc(C2=CC(c3cc(Cl)cc(Cl)c3)(C(F)(F)F)ON2)c1. The van der Waals surface area contributed by atoms with Gasteiger partial charge in [-0.25, -0.2) is 0 Å². The lowest BCUT2D eigenvalue weighted by Gasteiger charge is -2.28. The number of nitrogens with zero attached hydrogens (tertiary/aromatic N) is 1.